The SMILES string of the molecule is COc1ccc(N2C(=O)[C@@H](CC(=O)Nc3cc(OC)cc(OC)c3)N(Cc3cccs3)C2=O)cc1. The number of ether oxygens (including phenoxy) is 3. The van der Waals surface area contributed by atoms with E-state index in [4.69, 9.17) is 14.2 Å². The molecule has 0 spiro atoms. The first-order valence-electron chi connectivity index (χ1n) is 10.8. The lowest BCUT2D eigenvalue weighted by atomic mass is 10.1. The van der Waals surface area contributed by atoms with Crippen LogP contribution in [-0.2, 0) is 16.1 Å². The Labute approximate surface area is 206 Å². The fourth-order valence-electron chi connectivity index (χ4n) is 3.82. The van der Waals surface area contributed by atoms with Crippen molar-refractivity contribution in [1.82, 2.24) is 4.90 Å². The number of imide groups is 1. The summed E-state index contributed by atoms with van der Waals surface area (Å²) in [5, 5.41) is 4.68. The molecule has 0 aliphatic carbocycles. The van der Waals surface area contributed by atoms with Gasteiger partial charge in [0.15, 0.2) is 0 Å². The van der Waals surface area contributed by atoms with E-state index in [1.807, 2.05) is 17.5 Å². The van der Waals surface area contributed by atoms with E-state index in [0.29, 0.717) is 28.6 Å². The smallest absolute Gasteiger partial charge is 0.332 e. The topological polar surface area (TPSA) is 97.4 Å². The quantitative estimate of drug-likeness (QED) is 0.448. The molecule has 0 radical (unpaired) electrons. The van der Waals surface area contributed by atoms with Crippen LogP contribution < -0.4 is 24.4 Å². The molecule has 3 aromatic rings. The summed E-state index contributed by atoms with van der Waals surface area (Å²) in [6, 6.07) is 13.9. The Morgan fingerprint density at radius 3 is 2.17 bits per heavy atom. The fourth-order valence-corrected chi connectivity index (χ4v) is 4.52. The van der Waals surface area contributed by atoms with Crippen molar-refractivity contribution >= 4 is 40.6 Å². The first kappa shape index (κ1) is 24.1. The standard InChI is InChI=1S/C25H25N3O6S/c1-32-18-8-6-17(7-9-18)28-24(30)22(27(25(28)31)15-21-5-4-10-35-21)14-23(29)26-16-11-19(33-2)13-20(12-16)34-3/h4-13,22H,14-15H2,1-3H3,(H,26,29)/t22-/m1/s1. The van der Waals surface area contributed by atoms with Crippen molar-refractivity contribution < 1.29 is 28.6 Å². The van der Waals surface area contributed by atoms with Gasteiger partial charge in [-0.3, -0.25) is 9.59 Å². The van der Waals surface area contributed by atoms with Gasteiger partial charge in [-0.05, 0) is 35.7 Å². The van der Waals surface area contributed by atoms with E-state index in [0.717, 1.165) is 9.78 Å². The second kappa shape index (κ2) is 10.5. The van der Waals surface area contributed by atoms with Crippen LogP contribution in [0.2, 0.25) is 0 Å². The molecule has 2 heterocycles. The maximum Gasteiger partial charge on any atom is 0.332 e. The van der Waals surface area contributed by atoms with Crippen molar-refractivity contribution in [3.63, 3.8) is 0 Å². The van der Waals surface area contributed by atoms with Gasteiger partial charge in [0.2, 0.25) is 5.91 Å². The van der Waals surface area contributed by atoms with Crippen LogP contribution in [0.4, 0.5) is 16.2 Å². The summed E-state index contributed by atoms with van der Waals surface area (Å²) in [5.41, 5.74) is 0.872. The minimum atomic E-state index is -0.959. The van der Waals surface area contributed by atoms with E-state index in [2.05, 4.69) is 5.32 Å². The number of carbonyl (C=O) groups excluding carboxylic acids is 3. The molecule has 1 aromatic heterocycles. The van der Waals surface area contributed by atoms with E-state index >= 15 is 0 Å². The maximum absolute atomic E-state index is 13.4. The molecule has 1 aliphatic heterocycles. The number of hydrogen-bond donors (Lipinski definition) is 1. The molecule has 0 bridgehead atoms. The molecule has 0 unspecified atom stereocenters. The van der Waals surface area contributed by atoms with Crippen LogP contribution in [0.1, 0.15) is 11.3 Å². The zero-order chi connectivity index (χ0) is 24.9. The molecular formula is C25H25N3O6S. The van der Waals surface area contributed by atoms with Gasteiger partial charge >= 0.3 is 6.03 Å². The Morgan fingerprint density at radius 2 is 1.60 bits per heavy atom. The number of anilines is 2. The van der Waals surface area contributed by atoms with Gasteiger partial charge < -0.3 is 24.4 Å². The van der Waals surface area contributed by atoms with Crippen molar-refractivity contribution in [2.75, 3.05) is 31.5 Å². The van der Waals surface area contributed by atoms with Gasteiger partial charge in [-0.1, -0.05) is 6.07 Å². The molecule has 1 fully saturated rings. The molecule has 9 nitrogen and oxygen atoms in total. The summed E-state index contributed by atoms with van der Waals surface area (Å²) < 4.78 is 15.7. The van der Waals surface area contributed by atoms with Crippen LogP contribution >= 0.6 is 11.3 Å². The number of methoxy groups -OCH3 is 3. The van der Waals surface area contributed by atoms with Crippen molar-refractivity contribution in [1.29, 1.82) is 0 Å². The third-order valence-electron chi connectivity index (χ3n) is 5.57. The molecule has 1 saturated heterocycles. The van der Waals surface area contributed by atoms with Gasteiger partial charge in [0, 0.05) is 28.8 Å². The van der Waals surface area contributed by atoms with E-state index in [9.17, 15) is 14.4 Å². The van der Waals surface area contributed by atoms with E-state index in [-0.39, 0.29) is 13.0 Å². The predicted molar refractivity (Wildman–Crippen MR) is 132 cm³/mol. The minimum absolute atomic E-state index is 0.206. The van der Waals surface area contributed by atoms with Crippen LogP contribution in [-0.4, -0.2) is 50.1 Å². The second-order valence-electron chi connectivity index (χ2n) is 7.73. The zero-order valence-corrected chi connectivity index (χ0v) is 20.3. The number of rotatable bonds is 9. The number of benzene rings is 2. The highest BCUT2D eigenvalue weighted by Gasteiger charge is 2.46. The highest BCUT2D eigenvalue weighted by atomic mass is 32.1. The van der Waals surface area contributed by atoms with Crippen LogP contribution in [0.3, 0.4) is 0 Å². The van der Waals surface area contributed by atoms with Gasteiger partial charge in [-0.2, -0.15) is 0 Å². The third-order valence-corrected chi connectivity index (χ3v) is 6.43. The van der Waals surface area contributed by atoms with Crippen molar-refractivity contribution in [2.24, 2.45) is 0 Å². The summed E-state index contributed by atoms with van der Waals surface area (Å²) >= 11 is 1.48. The number of nitrogens with zero attached hydrogens (tertiary/aromatic N) is 2. The lowest BCUT2D eigenvalue weighted by molar-refractivity contribution is -0.124. The Kier molecular flexibility index (Phi) is 7.21. The van der Waals surface area contributed by atoms with E-state index in [1.165, 1.54) is 37.6 Å². The lowest BCUT2D eigenvalue weighted by Gasteiger charge is -2.21. The number of carbonyl (C=O) groups is 3. The largest absolute Gasteiger partial charge is 0.497 e. The first-order valence-corrected chi connectivity index (χ1v) is 11.7. The minimum Gasteiger partial charge on any atom is -0.497 e. The van der Waals surface area contributed by atoms with Gasteiger partial charge in [0.25, 0.3) is 5.91 Å². The maximum atomic E-state index is 13.4. The summed E-state index contributed by atoms with van der Waals surface area (Å²) in [5.74, 6) is 0.746. The molecule has 1 atom stereocenters. The number of thiophene rings is 1. The summed E-state index contributed by atoms with van der Waals surface area (Å²) in [6.45, 7) is 0.222. The Hall–Kier alpha value is -4.05. The highest BCUT2D eigenvalue weighted by molar-refractivity contribution is 7.09. The third kappa shape index (κ3) is 5.22. The lowest BCUT2D eigenvalue weighted by Crippen LogP contribution is -2.37. The Morgan fingerprint density at radius 1 is 0.943 bits per heavy atom. The van der Waals surface area contributed by atoms with E-state index in [1.54, 1.807) is 42.5 Å². The Balaban J connectivity index is 1.58. The van der Waals surface area contributed by atoms with Crippen molar-refractivity contribution in [3.05, 3.63) is 64.9 Å². The number of nitrogens with one attached hydrogen (secondary N) is 1. The van der Waals surface area contributed by atoms with Gasteiger partial charge in [-0.15, -0.1) is 11.3 Å². The molecule has 182 valence electrons. The fraction of sp³-hybridized carbons (Fsp3) is 0.240. The van der Waals surface area contributed by atoms with Crippen molar-refractivity contribution in [2.45, 2.75) is 19.0 Å². The van der Waals surface area contributed by atoms with Gasteiger partial charge in [0.05, 0.1) is 40.0 Å². The number of hydrogen-bond acceptors (Lipinski definition) is 7. The zero-order valence-electron chi connectivity index (χ0n) is 19.5. The van der Waals surface area contributed by atoms with E-state index < -0.39 is 23.9 Å². The monoisotopic (exact) mass is 495 g/mol. The number of urea groups is 1. The summed E-state index contributed by atoms with van der Waals surface area (Å²) in [6.07, 6.45) is -0.206. The number of amides is 4. The molecule has 4 amide bonds. The molecule has 10 heteroatoms. The highest BCUT2D eigenvalue weighted by Crippen LogP contribution is 2.31. The first-order chi connectivity index (χ1) is 16.9. The second-order valence-corrected chi connectivity index (χ2v) is 8.76. The molecule has 1 aliphatic rings. The predicted octanol–water partition coefficient (Wildman–Crippen LogP) is 4.14. The van der Waals surface area contributed by atoms with Gasteiger partial charge in [-0.25, -0.2) is 9.69 Å². The van der Waals surface area contributed by atoms with Crippen LogP contribution in [0.25, 0.3) is 0 Å². The average Bonchev–Trinajstić information content (AvgIpc) is 3.46. The van der Waals surface area contributed by atoms with Crippen LogP contribution in [0, 0.1) is 0 Å². The Bertz CT molecular complexity index is 1190. The van der Waals surface area contributed by atoms with Crippen LogP contribution in [0.5, 0.6) is 17.2 Å². The molecule has 4 rings (SSSR count). The molecule has 2 aromatic carbocycles. The molecule has 35 heavy (non-hydrogen) atoms. The molecule has 0 saturated carbocycles. The van der Waals surface area contributed by atoms with Crippen molar-refractivity contribution in [3.8, 4) is 17.2 Å². The summed E-state index contributed by atoms with van der Waals surface area (Å²) in [7, 11) is 4.56. The van der Waals surface area contributed by atoms with Gasteiger partial charge in [0.1, 0.15) is 23.3 Å². The summed E-state index contributed by atoms with van der Waals surface area (Å²) in [4.78, 5) is 43.2. The average molecular weight is 496 g/mol. The normalized spacial score (nSPS) is 15.3. The molecule has 1 N–H and O–H groups in total. The van der Waals surface area contributed by atoms with Crippen LogP contribution in [0.15, 0.2) is 60.0 Å². The molecular weight excluding hydrogens is 470 g/mol.